The van der Waals surface area contributed by atoms with E-state index in [0.717, 1.165) is 55.3 Å². The first kappa shape index (κ1) is 20.8. The lowest BCUT2D eigenvalue weighted by Crippen LogP contribution is -2.26. The molecule has 30 heavy (non-hydrogen) atoms. The van der Waals surface area contributed by atoms with Gasteiger partial charge in [0.2, 0.25) is 11.8 Å². The average molecular weight is 412 g/mol. The second kappa shape index (κ2) is 9.60. The van der Waals surface area contributed by atoms with Crippen molar-refractivity contribution in [3.63, 3.8) is 0 Å². The number of rotatable bonds is 7. The second-order valence-electron chi connectivity index (χ2n) is 8.85. The normalized spacial score (nSPS) is 23.9. The molecule has 1 aliphatic heterocycles. The zero-order chi connectivity index (χ0) is 20.9. The Morgan fingerprint density at radius 2 is 1.93 bits per heavy atom. The van der Waals surface area contributed by atoms with Crippen LogP contribution in [0.4, 0.5) is 11.8 Å². The molecule has 0 bridgehead atoms. The van der Waals surface area contributed by atoms with Crippen molar-refractivity contribution >= 4 is 11.8 Å². The summed E-state index contributed by atoms with van der Waals surface area (Å²) in [6.45, 7) is 4.50. The van der Waals surface area contributed by atoms with Crippen LogP contribution in [0.1, 0.15) is 39.0 Å². The van der Waals surface area contributed by atoms with Crippen LogP contribution in [0.2, 0.25) is 0 Å². The van der Waals surface area contributed by atoms with Crippen molar-refractivity contribution in [2.24, 2.45) is 11.8 Å². The first-order valence-corrected chi connectivity index (χ1v) is 11.1. The first-order valence-electron chi connectivity index (χ1n) is 11.1. The van der Waals surface area contributed by atoms with Gasteiger partial charge in [0.05, 0.1) is 18.8 Å². The summed E-state index contributed by atoms with van der Waals surface area (Å²) in [5, 5.41) is 3.52. The van der Waals surface area contributed by atoms with Crippen molar-refractivity contribution in [2.45, 2.75) is 45.1 Å². The maximum Gasteiger partial charge on any atom is 0.226 e. The number of aromatic nitrogens is 3. The lowest BCUT2D eigenvalue weighted by Gasteiger charge is -2.27. The molecule has 2 aromatic heterocycles. The summed E-state index contributed by atoms with van der Waals surface area (Å²) in [7, 11) is 3.96. The number of hydrogen-bond donors (Lipinski definition) is 1. The van der Waals surface area contributed by atoms with E-state index in [-0.39, 0.29) is 0 Å². The fourth-order valence-corrected chi connectivity index (χ4v) is 4.05. The van der Waals surface area contributed by atoms with Gasteiger partial charge in [-0.1, -0.05) is 6.92 Å². The monoisotopic (exact) mass is 411 g/mol. The zero-order valence-electron chi connectivity index (χ0n) is 18.3. The maximum absolute atomic E-state index is 6.19. The highest BCUT2D eigenvalue weighted by Crippen LogP contribution is 2.31. The van der Waals surface area contributed by atoms with Crippen molar-refractivity contribution in [3.8, 4) is 17.0 Å². The van der Waals surface area contributed by atoms with E-state index >= 15 is 0 Å². The van der Waals surface area contributed by atoms with Crippen molar-refractivity contribution in [2.75, 3.05) is 44.1 Å². The van der Waals surface area contributed by atoms with E-state index < -0.39 is 0 Å². The lowest BCUT2D eigenvalue weighted by molar-refractivity contribution is 0.165. The van der Waals surface area contributed by atoms with E-state index in [0.29, 0.717) is 30.4 Å². The Bertz CT molecular complexity index is 813. The van der Waals surface area contributed by atoms with Crippen LogP contribution in [-0.4, -0.2) is 54.9 Å². The SMILES string of the molecule is CN(C)c1ccc(-c2cnc(N[C@H]3CC[C@H](C)CC3)nc2OCC2CCOC2)cn1. The molecule has 1 saturated carbocycles. The predicted molar refractivity (Wildman–Crippen MR) is 119 cm³/mol. The van der Waals surface area contributed by atoms with Crippen molar-refractivity contribution < 1.29 is 9.47 Å². The Kier molecular flexibility index (Phi) is 6.67. The van der Waals surface area contributed by atoms with Crippen molar-refractivity contribution in [1.29, 1.82) is 0 Å². The second-order valence-corrected chi connectivity index (χ2v) is 8.85. The summed E-state index contributed by atoms with van der Waals surface area (Å²) < 4.78 is 11.7. The van der Waals surface area contributed by atoms with E-state index in [1.807, 2.05) is 43.5 Å². The van der Waals surface area contributed by atoms with Gasteiger partial charge >= 0.3 is 0 Å². The average Bonchev–Trinajstić information content (AvgIpc) is 3.28. The van der Waals surface area contributed by atoms with E-state index in [9.17, 15) is 0 Å². The molecular weight excluding hydrogens is 378 g/mol. The van der Waals surface area contributed by atoms with E-state index in [2.05, 4.69) is 22.2 Å². The standard InChI is InChI=1S/C23H33N5O2/c1-16-4-7-19(8-5-16)26-23-25-13-20(18-6-9-21(24-12-18)28(2)3)22(27-23)30-15-17-10-11-29-14-17/h6,9,12-13,16-17,19H,4-5,7-8,10-11,14-15H2,1-3H3,(H,25,26,27)/t16-,17?,19-. The molecule has 162 valence electrons. The van der Waals surface area contributed by atoms with Crippen molar-refractivity contribution in [1.82, 2.24) is 15.0 Å². The fourth-order valence-electron chi connectivity index (χ4n) is 4.05. The number of ether oxygens (including phenoxy) is 2. The molecule has 4 rings (SSSR count). The highest BCUT2D eigenvalue weighted by molar-refractivity contribution is 5.68. The van der Waals surface area contributed by atoms with Gasteiger partial charge in [0.25, 0.3) is 0 Å². The quantitative estimate of drug-likeness (QED) is 0.738. The predicted octanol–water partition coefficient (Wildman–Crippen LogP) is 4.01. The largest absolute Gasteiger partial charge is 0.477 e. The molecule has 0 spiro atoms. The number of nitrogens with one attached hydrogen (secondary N) is 1. The van der Waals surface area contributed by atoms with E-state index in [4.69, 9.17) is 14.5 Å². The van der Waals surface area contributed by atoms with Crippen LogP contribution in [0.25, 0.3) is 11.1 Å². The molecule has 3 heterocycles. The Balaban J connectivity index is 1.54. The summed E-state index contributed by atoms with van der Waals surface area (Å²) in [5.74, 6) is 3.40. The van der Waals surface area contributed by atoms with Crippen LogP contribution in [-0.2, 0) is 4.74 Å². The van der Waals surface area contributed by atoms with Gasteiger partial charge in [0.1, 0.15) is 5.82 Å². The third-order valence-electron chi connectivity index (χ3n) is 6.10. The van der Waals surface area contributed by atoms with Gasteiger partial charge < -0.3 is 19.7 Å². The van der Waals surface area contributed by atoms with Crippen LogP contribution in [0.5, 0.6) is 5.88 Å². The molecule has 1 saturated heterocycles. The Labute approximate surface area is 179 Å². The molecule has 7 heteroatoms. The molecule has 1 unspecified atom stereocenters. The van der Waals surface area contributed by atoms with Gasteiger partial charge in [0, 0.05) is 50.6 Å². The molecule has 1 atom stereocenters. The number of hydrogen-bond acceptors (Lipinski definition) is 7. The summed E-state index contributed by atoms with van der Waals surface area (Å²) in [6.07, 6.45) is 9.58. The molecule has 2 aromatic rings. The molecule has 2 fully saturated rings. The summed E-state index contributed by atoms with van der Waals surface area (Å²) >= 11 is 0. The molecule has 0 amide bonds. The maximum atomic E-state index is 6.19. The summed E-state index contributed by atoms with van der Waals surface area (Å²) in [6, 6.07) is 4.48. The van der Waals surface area contributed by atoms with Gasteiger partial charge in [-0.25, -0.2) is 9.97 Å². The topological polar surface area (TPSA) is 72.4 Å². The van der Waals surface area contributed by atoms with Gasteiger partial charge in [-0.2, -0.15) is 4.98 Å². The number of anilines is 2. The van der Waals surface area contributed by atoms with Crippen LogP contribution < -0.4 is 15.0 Å². The van der Waals surface area contributed by atoms with Crippen LogP contribution >= 0.6 is 0 Å². The third kappa shape index (κ3) is 5.19. The van der Waals surface area contributed by atoms with E-state index in [1.54, 1.807) is 0 Å². The fraction of sp³-hybridized carbons (Fsp3) is 0.609. The molecular formula is C23H33N5O2. The molecule has 2 aliphatic rings. The van der Waals surface area contributed by atoms with Gasteiger partial charge in [-0.3, -0.25) is 0 Å². The first-order chi connectivity index (χ1) is 14.6. The zero-order valence-corrected chi connectivity index (χ0v) is 18.3. The van der Waals surface area contributed by atoms with Gasteiger partial charge in [-0.15, -0.1) is 0 Å². The highest BCUT2D eigenvalue weighted by atomic mass is 16.5. The van der Waals surface area contributed by atoms with Gasteiger partial charge in [0.15, 0.2) is 0 Å². The van der Waals surface area contributed by atoms with Gasteiger partial charge in [-0.05, 0) is 50.2 Å². The molecule has 1 aliphatic carbocycles. The highest BCUT2D eigenvalue weighted by Gasteiger charge is 2.21. The third-order valence-corrected chi connectivity index (χ3v) is 6.10. The van der Waals surface area contributed by atoms with Crippen LogP contribution in [0.3, 0.4) is 0 Å². The minimum Gasteiger partial charge on any atom is -0.477 e. The van der Waals surface area contributed by atoms with Crippen LogP contribution in [0, 0.1) is 11.8 Å². The number of nitrogens with zero attached hydrogens (tertiary/aromatic N) is 4. The Morgan fingerprint density at radius 1 is 1.10 bits per heavy atom. The minimum absolute atomic E-state index is 0.415. The lowest BCUT2D eigenvalue weighted by atomic mass is 9.87. The van der Waals surface area contributed by atoms with Crippen molar-refractivity contribution in [3.05, 3.63) is 24.5 Å². The molecule has 1 N–H and O–H groups in total. The Morgan fingerprint density at radius 3 is 2.60 bits per heavy atom. The van der Waals surface area contributed by atoms with E-state index in [1.165, 1.54) is 12.8 Å². The summed E-state index contributed by atoms with van der Waals surface area (Å²) in [4.78, 5) is 15.9. The number of pyridine rings is 1. The smallest absolute Gasteiger partial charge is 0.226 e. The molecule has 7 nitrogen and oxygen atoms in total. The minimum atomic E-state index is 0.415. The van der Waals surface area contributed by atoms with Crippen LogP contribution in [0.15, 0.2) is 24.5 Å². The molecule has 0 aromatic carbocycles. The Hall–Kier alpha value is -2.41. The summed E-state index contributed by atoms with van der Waals surface area (Å²) in [5.41, 5.74) is 1.82. The molecule has 0 radical (unpaired) electrons.